The standard InChI is InChI=1S/C11H12ClN3O2S/c1-6-9(11(16)17)10(15(2)14-6)13-5-7-3-4-8(12)18-7/h3-4,13H,5H2,1-2H3,(H,16,17). The number of rotatable bonds is 4. The van der Waals surface area contributed by atoms with Crippen molar-refractivity contribution in [2.75, 3.05) is 5.32 Å². The Balaban J connectivity index is 2.21. The van der Waals surface area contributed by atoms with Gasteiger partial charge in [-0.15, -0.1) is 11.3 Å². The molecule has 0 bridgehead atoms. The summed E-state index contributed by atoms with van der Waals surface area (Å²) in [5, 5.41) is 16.3. The van der Waals surface area contributed by atoms with Crippen LogP contribution in [0.25, 0.3) is 0 Å². The molecule has 0 saturated carbocycles. The monoisotopic (exact) mass is 285 g/mol. The molecule has 2 N–H and O–H groups in total. The van der Waals surface area contributed by atoms with Crippen molar-refractivity contribution < 1.29 is 9.90 Å². The summed E-state index contributed by atoms with van der Waals surface area (Å²) in [6, 6.07) is 3.72. The van der Waals surface area contributed by atoms with E-state index in [1.807, 2.05) is 12.1 Å². The lowest BCUT2D eigenvalue weighted by Crippen LogP contribution is -2.08. The first kappa shape index (κ1) is 12.9. The summed E-state index contributed by atoms with van der Waals surface area (Å²) >= 11 is 7.30. The van der Waals surface area contributed by atoms with Gasteiger partial charge in [-0.2, -0.15) is 5.10 Å². The van der Waals surface area contributed by atoms with Crippen LogP contribution in [0.15, 0.2) is 12.1 Å². The molecule has 0 amide bonds. The van der Waals surface area contributed by atoms with Crippen LogP contribution in [0.4, 0.5) is 5.82 Å². The molecule has 0 spiro atoms. The first-order valence-corrected chi connectivity index (χ1v) is 6.43. The molecule has 0 aliphatic carbocycles. The molecule has 7 heteroatoms. The summed E-state index contributed by atoms with van der Waals surface area (Å²) in [6.45, 7) is 2.20. The molecular weight excluding hydrogens is 274 g/mol. The van der Waals surface area contributed by atoms with E-state index < -0.39 is 5.97 Å². The molecule has 0 saturated heterocycles. The first-order chi connectivity index (χ1) is 8.49. The highest BCUT2D eigenvalue weighted by molar-refractivity contribution is 7.16. The minimum Gasteiger partial charge on any atom is -0.477 e. The van der Waals surface area contributed by atoms with E-state index in [0.29, 0.717) is 22.4 Å². The quantitative estimate of drug-likeness (QED) is 0.906. The van der Waals surface area contributed by atoms with Crippen molar-refractivity contribution in [3.8, 4) is 0 Å². The number of carbonyl (C=O) groups is 1. The van der Waals surface area contributed by atoms with Gasteiger partial charge in [-0.1, -0.05) is 11.6 Å². The third-order valence-electron chi connectivity index (χ3n) is 2.50. The highest BCUT2D eigenvalue weighted by Gasteiger charge is 2.19. The van der Waals surface area contributed by atoms with Crippen molar-refractivity contribution in [3.05, 3.63) is 32.6 Å². The Morgan fingerprint density at radius 1 is 1.61 bits per heavy atom. The number of hydrogen-bond donors (Lipinski definition) is 2. The highest BCUT2D eigenvalue weighted by Crippen LogP contribution is 2.24. The van der Waals surface area contributed by atoms with E-state index >= 15 is 0 Å². The summed E-state index contributed by atoms with van der Waals surface area (Å²) in [6.07, 6.45) is 0. The van der Waals surface area contributed by atoms with E-state index in [1.54, 1.807) is 14.0 Å². The predicted molar refractivity (Wildman–Crippen MR) is 71.6 cm³/mol. The second-order valence-corrected chi connectivity index (χ2v) is 5.60. The van der Waals surface area contributed by atoms with Crippen molar-refractivity contribution in [1.82, 2.24) is 9.78 Å². The molecule has 0 aliphatic heterocycles. The summed E-state index contributed by atoms with van der Waals surface area (Å²) in [5.74, 6) is -0.475. The molecule has 0 fully saturated rings. The second kappa shape index (κ2) is 4.99. The molecule has 18 heavy (non-hydrogen) atoms. The number of nitrogens with zero attached hydrogens (tertiary/aromatic N) is 2. The van der Waals surface area contributed by atoms with Crippen molar-refractivity contribution in [2.45, 2.75) is 13.5 Å². The van der Waals surface area contributed by atoms with Crippen molar-refractivity contribution in [1.29, 1.82) is 0 Å². The third-order valence-corrected chi connectivity index (χ3v) is 3.73. The average molecular weight is 286 g/mol. The number of nitrogens with one attached hydrogen (secondary N) is 1. The molecule has 2 aromatic rings. The van der Waals surface area contributed by atoms with Gasteiger partial charge in [0.15, 0.2) is 0 Å². The molecule has 0 atom stereocenters. The lowest BCUT2D eigenvalue weighted by Gasteiger charge is -2.06. The van der Waals surface area contributed by atoms with Gasteiger partial charge in [0.05, 0.1) is 16.6 Å². The summed E-state index contributed by atoms with van der Waals surface area (Å²) in [7, 11) is 1.71. The van der Waals surface area contributed by atoms with Gasteiger partial charge in [-0.3, -0.25) is 4.68 Å². The number of halogens is 1. The summed E-state index contributed by atoms with van der Waals surface area (Å²) in [4.78, 5) is 12.2. The zero-order valence-electron chi connectivity index (χ0n) is 9.90. The molecular formula is C11H12ClN3O2S. The lowest BCUT2D eigenvalue weighted by molar-refractivity contribution is 0.0697. The van der Waals surface area contributed by atoms with Crippen LogP contribution in [-0.2, 0) is 13.6 Å². The highest BCUT2D eigenvalue weighted by atomic mass is 35.5. The molecule has 0 radical (unpaired) electrons. The van der Waals surface area contributed by atoms with Crippen molar-refractivity contribution in [3.63, 3.8) is 0 Å². The largest absolute Gasteiger partial charge is 0.477 e. The number of thiophene rings is 1. The minimum absolute atomic E-state index is 0.208. The van der Waals surface area contributed by atoms with Gasteiger partial charge < -0.3 is 10.4 Å². The Labute approximate surface area is 113 Å². The number of anilines is 1. The molecule has 2 heterocycles. The van der Waals surface area contributed by atoms with Crippen molar-refractivity contribution in [2.24, 2.45) is 7.05 Å². The Morgan fingerprint density at radius 2 is 2.33 bits per heavy atom. The van der Waals surface area contributed by atoms with Gasteiger partial charge in [0.25, 0.3) is 0 Å². The fourth-order valence-electron chi connectivity index (χ4n) is 1.73. The Bertz CT molecular complexity index is 591. The third kappa shape index (κ3) is 2.49. The fourth-order valence-corrected chi connectivity index (χ4v) is 2.76. The van der Waals surface area contributed by atoms with E-state index in [-0.39, 0.29) is 5.56 Å². The first-order valence-electron chi connectivity index (χ1n) is 5.24. The van der Waals surface area contributed by atoms with Crippen LogP contribution in [0, 0.1) is 6.92 Å². The molecule has 5 nitrogen and oxygen atoms in total. The van der Waals surface area contributed by atoms with Crippen LogP contribution in [0.1, 0.15) is 20.9 Å². The van der Waals surface area contributed by atoms with E-state index in [2.05, 4.69) is 10.4 Å². The molecule has 0 unspecified atom stereocenters. The predicted octanol–water partition coefficient (Wildman–Crippen LogP) is 2.75. The van der Waals surface area contributed by atoms with Gasteiger partial charge in [0.2, 0.25) is 0 Å². The minimum atomic E-state index is -0.979. The fraction of sp³-hybridized carbons (Fsp3) is 0.273. The van der Waals surface area contributed by atoms with Crippen LogP contribution in [0.5, 0.6) is 0 Å². The molecule has 0 aliphatic rings. The summed E-state index contributed by atoms with van der Waals surface area (Å²) < 4.78 is 2.25. The average Bonchev–Trinajstić information content (AvgIpc) is 2.79. The van der Waals surface area contributed by atoms with Crippen LogP contribution in [0.2, 0.25) is 4.34 Å². The second-order valence-electron chi connectivity index (χ2n) is 3.80. The molecule has 2 aromatic heterocycles. The number of hydrogen-bond acceptors (Lipinski definition) is 4. The Morgan fingerprint density at radius 3 is 2.89 bits per heavy atom. The van der Waals surface area contributed by atoms with Gasteiger partial charge in [0, 0.05) is 11.9 Å². The maximum absolute atomic E-state index is 11.2. The Hall–Kier alpha value is -1.53. The number of aromatic nitrogens is 2. The Kier molecular flexibility index (Phi) is 3.58. The molecule has 0 aromatic carbocycles. The van der Waals surface area contributed by atoms with Gasteiger partial charge in [-0.05, 0) is 19.1 Å². The maximum Gasteiger partial charge on any atom is 0.341 e. The van der Waals surface area contributed by atoms with Crippen LogP contribution in [-0.4, -0.2) is 20.9 Å². The van der Waals surface area contributed by atoms with Crippen LogP contribution in [0.3, 0.4) is 0 Å². The topological polar surface area (TPSA) is 67.2 Å². The van der Waals surface area contributed by atoms with Crippen LogP contribution < -0.4 is 5.32 Å². The smallest absolute Gasteiger partial charge is 0.341 e. The number of carboxylic acid groups (broad SMARTS) is 1. The zero-order chi connectivity index (χ0) is 13.3. The zero-order valence-corrected chi connectivity index (χ0v) is 11.5. The maximum atomic E-state index is 11.2. The van der Waals surface area contributed by atoms with E-state index in [4.69, 9.17) is 16.7 Å². The number of carboxylic acids is 1. The number of aryl methyl sites for hydroxylation is 2. The van der Waals surface area contributed by atoms with Gasteiger partial charge >= 0.3 is 5.97 Å². The van der Waals surface area contributed by atoms with E-state index in [1.165, 1.54) is 16.0 Å². The van der Waals surface area contributed by atoms with E-state index in [9.17, 15) is 4.79 Å². The van der Waals surface area contributed by atoms with Crippen molar-refractivity contribution >= 4 is 34.7 Å². The SMILES string of the molecule is Cc1nn(C)c(NCc2ccc(Cl)s2)c1C(=O)O. The number of aromatic carboxylic acids is 1. The van der Waals surface area contributed by atoms with Crippen LogP contribution >= 0.6 is 22.9 Å². The van der Waals surface area contributed by atoms with Gasteiger partial charge in [0.1, 0.15) is 11.4 Å². The van der Waals surface area contributed by atoms with Gasteiger partial charge in [-0.25, -0.2) is 4.79 Å². The molecule has 2 rings (SSSR count). The van der Waals surface area contributed by atoms with E-state index in [0.717, 1.165) is 4.88 Å². The lowest BCUT2D eigenvalue weighted by atomic mass is 10.2. The molecule has 96 valence electrons. The summed E-state index contributed by atoms with van der Waals surface area (Å²) in [5.41, 5.74) is 0.705. The normalized spacial score (nSPS) is 10.6.